The summed E-state index contributed by atoms with van der Waals surface area (Å²) in [6, 6.07) is 5.38. The quantitative estimate of drug-likeness (QED) is 0.188. The van der Waals surface area contributed by atoms with Gasteiger partial charge in [-0.15, -0.1) is 5.10 Å². The molecule has 0 aliphatic rings. The number of aryl methyl sites for hydroxylation is 1. The van der Waals surface area contributed by atoms with E-state index < -0.39 is 4.92 Å². The Balaban J connectivity index is 1.71. The third-order valence-electron chi connectivity index (χ3n) is 2.62. The number of tetrazole rings is 1. The summed E-state index contributed by atoms with van der Waals surface area (Å²) in [6.45, 7) is 0. The van der Waals surface area contributed by atoms with Gasteiger partial charge in [0, 0.05) is 31.4 Å². The maximum atomic E-state index is 11.6. The van der Waals surface area contributed by atoms with E-state index in [0.717, 1.165) is 0 Å². The number of esters is 1. The van der Waals surface area contributed by atoms with E-state index in [1.165, 1.54) is 36.0 Å². The molecule has 0 aliphatic carbocycles. The Morgan fingerprint density at radius 1 is 1.41 bits per heavy atom. The van der Waals surface area contributed by atoms with Crippen molar-refractivity contribution in [1.29, 1.82) is 0 Å². The monoisotopic (exact) mass is 323 g/mol. The predicted molar refractivity (Wildman–Crippen MR) is 77.5 cm³/mol. The zero-order chi connectivity index (χ0) is 15.9. The Hall–Kier alpha value is -2.49. The lowest BCUT2D eigenvalue weighted by molar-refractivity contribution is -0.384. The topological polar surface area (TPSA) is 113 Å². The Morgan fingerprint density at radius 3 is 2.73 bits per heavy atom. The van der Waals surface area contributed by atoms with Crippen LogP contribution in [-0.2, 0) is 11.8 Å². The maximum absolute atomic E-state index is 11.6. The van der Waals surface area contributed by atoms with Crippen molar-refractivity contribution in [3.63, 3.8) is 0 Å². The van der Waals surface area contributed by atoms with Crippen LogP contribution in [0.2, 0.25) is 0 Å². The van der Waals surface area contributed by atoms with Gasteiger partial charge in [0.2, 0.25) is 5.16 Å². The Morgan fingerprint density at radius 2 is 2.14 bits per heavy atom. The van der Waals surface area contributed by atoms with E-state index in [-0.39, 0.29) is 18.1 Å². The second-order valence-electron chi connectivity index (χ2n) is 4.26. The standard InChI is InChI=1S/C12H13N5O4S/c1-16-12(13-14-15-16)22-8-2-3-11(18)21-10-6-4-9(5-7-10)17(19)20/h4-7H,2-3,8H2,1H3. The van der Waals surface area contributed by atoms with Crippen molar-refractivity contribution < 1.29 is 14.5 Å². The van der Waals surface area contributed by atoms with Crippen molar-refractivity contribution in [2.45, 2.75) is 18.0 Å². The van der Waals surface area contributed by atoms with Gasteiger partial charge in [0.05, 0.1) is 4.92 Å². The molecule has 2 rings (SSSR count). The highest BCUT2D eigenvalue weighted by Crippen LogP contribution is 2.18. The molecule has 0 saturated heterocycles. The number of nitrogens with zero attached hydrogens (tertiary/aromatic N) is 5. The third-order valence-corrected chi connectivity index (χ3v) is 3.71. The van der Waals surface area contributed by atoms with Crippen LogP contribution in [0.3, 0.4) is 0 Å². The van der Waals surface area contributed by atoms with Gasteiger partial charge in [-0.2, -0.15) is 0 Å². The number of benzene rings is 1. The molecule has 2 aromatic rings. The van der Waals surface area contributed by atoms with Crippen LogP contribution < -0.4 is 4.74 Å². The van der Waals surface area contributed by atoms with Crippen molar-refractivity contribution in [3.05, 3.63) is 34.4 Å². The molecule has 0 saturated carbocycles. The van der Waals surface area contributed by atoms with Gasteiger partial charge in [0.15, 0.2) is 0 Å². The van der Waals surface area contributed by atoms with Crippen LogP contribution in [0.5, 0.6) is 5.75 Å². The van der Waals surface area contributed by atoms with Crippen molar-refractivity contribution in [2.75, 3.05) is 5.75 Å². The number of ether oxygens (including phenoxy) is 1. The lowest BCUT2D eigenvalue weighted by atomic mass is 10.3. The smallest absolute Gasteiger partial charge is 0.311 e. The number of nitro benzene ring substituents is 1. The van der Waals surface area contributed by atoms with E-state index in [1.807, 2.05) is 0 Å². The minimum absolute atomic E-state index is 0.0477. The molecule has 0 atom stereocenters. The molecule has 0 spiro atoms. The molecule has 10 heteroatoms. The van der Waals surface area contributed by atoms with Crippen LogP contribution in [0.25, 0.3) is 0 Å². The molecule has 0 radical (unpaired) electrons. The summed E-state index contributed by atoms with van der Waals surface area (Å²) in [5.74, 6) is 0.593. The summed E-state index contributed by atoms with van der Waals surface area (Å²) in [6.07, 6.45) is 0.860. The van der Waals surface area contributed by atoms with Crippen molar-refractivity contribution >= 4 is 23.4 Å². The fourth-order valence-corrected chi connectivity index (χ4v) is 2.33. The van der Waals surface area contributed by atoms with Gasteiger partial charge in [-0.25, -0.2) is 4.68 Å². The van der Waals surface area contributed by atoms with Gasteiger partial charge < -0.3 is 4.74 Å². The number of rotatable bonds is 7. The zero-order valence-corrected chi connectivity index (χ0v) is 12.5. The van der Waals surface area contributed by atoms with Crippen LogP contribution in [0.4, 0.5) is 5.69 Å². The first-order valence-corrected chi connectivity index (χ1v) is 7.35. The minimum Gasteiger partial charge on any atom is -0.427 e. The molecule has 0 amide bonds. The number of non-ortho nitro benzene ring substituents is 1. The molecule has 1 aromatic carbocycles. The highest BCUT2D eigenvalue weighted by atomic mass is 32.2. The van der Waals surface area contributed by atoms with Gasteiger partial charge in [0.1, 0.15) is 5.75 Å². The van der Waals surface area contributed by atoms with E-state index in [0.29, 0.717) is 23.1 Å². The molecule has 1 heterocycles. The first-order chi connectivity index (χ1) is 10.6. The van der Waals surface area contributed by atoms with Gasteiger partial charge in [-0.05, 0) is 29.0 Å². The number of thioether (sulfide) groups is 1. The molecular weight excluding hydrogens is 310 g/mol. The first kappa shape index (κ1) is 15.9. The maximum Gasteiger partial charge on any atom is 0.311 e. The van der Waals surface area contributed by atoms with Crippen LogP contribution in [0, 0.1) is 10.1 Å². The van der Waals surface area contributed by atoms with Gasteiger partial charge in [0.25, 0.3) is 5.69 Å². The van der Waals surface area contributed by atoms with E-state index in [1.54, 1.807) is 11.7 Å². The summed E-state index contributed by atoms with van der Waals surface area (Å²) in [7, 11) is 1.74. The highest BCUT2D eigenvalue weighted by Gasteiger charge is 2.09. The molecule has 22 heavy (non-hydrogen) atoms. The van der Waals surface area contributed by atoms with E-state index >= 15 is 0 Å². The first-order valence-electron chi connectivity index (χ1n) is 6.36. The van der Waals surface area contributed by atoms with E-state index in [9.17, 15) is 14.9 Å². The summed E-state index contributed by atoms with van der Waals surface area (Å²) in [5.41, 5.74) is -0.0477. The number of aromatic nitrogens is 4. The average Bonchev–Trinajstić information content (AvgIpc) is 2.89. The molecule has 0 N–H and O–H groups in total. The van der Waals surface area contributed by atoms with Crippen molar-refractivity contribution in [2.24, 2.45) is 7.05 Å². The van der Waals surface area contributed by atoms with E-state index in [4.69, 9.17) is 4.74 Å². The fourth-order valence-electron chi connectivity index (χ4n) is 1.54. The van der Waals surface area contributed by atoms with Crippen LogP contribution in [0.15, 0.2) is 29.4 Å². The average molecular weight is 323 g/mol. The van der Waals surface area contributed by atoms with E-state index in [2.05, 4.69) is 15.5 Å². The largest absolute Gasteiger partial charge is 0.427 e. The van der Waals surface area contributed by atoms with Crippen molar-refractivity contribution in [1.82, 2.24) is 20.2 Å². The molecule has 9 nitrogen and oxygen atoms in total. The Kier molecular flexibility index (Phi) is 5.42. The number of hydrogen-bond donors (Lipinski definition) is 0. The normalized spacial score (nSPS) is 10.4. The van der Waals surface area contributed by atoms with Gasteiger partial charge in [-0.3, -0.25) is 14.9 Å². The van der Waals surface area contributed by atoms with Crippen molar-refractivity contribution in [3.8, 4) is 5.75 Å². The SMILES string of the molecule is Cn1nnnc1SCCCC(=O)Oc1ccc([N+](=O)[O-])cc1. The van der Waals surface area contributed by atoms with Gasteiger partial charge in [-0.1, -0.05) is 11.8 Å². The summed E-state index contributed by atoms with van der Waals surface area (Å²) < 4.78 is 6.65. The third kappa shape index (κ3) is 4.52. The molecular formula is C12H13N5O4S. The molecule has 1 aromatic heterocycles. The second kappa shape index (κ2) is 7.50. The van der Waals surface area contributed by atoms with Crippen LogP contribution in [0.1, 0.15) is 12.8 Å². The highest BCUT2D eigenvalue weighted by molar-refractivity contribution is 7.99. The predicted octanol–water partition coefficient (Wildman–Crippen LogP) is 1.60. The number of nitro groups is 1. The molecule has 116 valence electrons. The minimum atomic E-state index is -0.510. The lowest BCUT2D eigenvalue weighted by Gasteiger charge is -2.03. The fraction of sp³-hybridized carbons (Fsp3) is 0.333. The molecule has 0 aliphatic heterocycles. The molecule has 0 fully saturated rings. The van der Waals surface area contributed by atoms with Crippen LogP contribution in [-0.4, -0.2) is 36.9 Å². The second-order valence-corrected chi connectivity index (χ2v) is 5.32. The zero-order valence-electron chi connectivity index (χ0n) is 11.7. The summed E-state index contributed by atoms with van der Waals surface area (Å²) in [4.78, 5) is 21.6. The number of hydrogen-bond acceptors (Lipinski definition) is 8. The molecule has 0 unspecified atom stereocenters. The molecule has 0 bridgehead atoms. The lowest BCUT2D eigenvalue weighted by Crippen LogP contribution is -2.08. The van der Waals surface area contributed by atoms with Crippen LogP contribution >= 0.6 is 11.8 Å². The summed E-state index contributed by atoms with van der Waals surface area (Å²) >= 11 is 1.45. The Labute approximate surface area is 129 Å². The summed E-state index contributed by atoms with van der Waals surface area (Å²) in [5, 5.41) is 22.2. The Bertz CT molecular complexity index is 658. The number of carbonyl (C=O) groups is 1. The number of carbonyl (C=O) groups excluding carboxylic acids is 1. The van der Waals surface area contributed by atoms with Gasteiger partial charge >= 0.3 is 5.97 Å².